The molecule has 0 aliphatic carbocycles. The number of carbonyl (C=O) groups excluding carboxylic acids is 2. The summed E-state index contributed by atoms with van der Waals surface area (Å²) in [5, 5.41) is 3.94. The number of benzene rings is 1. The highest BCUT2D eigenvalue weighted by atomic mass is 35.5. The third kappa shape index (κ3) is 4.13. The molecule has 1 aliphatic rings. The Hall–Kier alpha value is -1.75. The number of hydrogen-bond acceptors (Lipinski definition) is 3. The molecule has 22 heavy (non-hydrogen) atoms. The van der Waals surface area contributed by atoms with Crippen molar-refractivity contribution in [3.63, 3.8) is 0 Å². The van der Waals surface area contributed by atoms with Gasteiger partial charge in [-0.25, -0.2) is 0 Å². The molecule has 6 heteroatoms. The Morgan fingerprint density at radius 2 is 1.95 bits per heavy atom. The lowest BCUT2D eigenvalue weighted by Gasteiger charge is -2.32. The molecular formula is C16H22ClN3O2. The van der Waals surface area contributed by atoms with Gasteiger partial charge in [0.2, 0.25) is 12.3 Å². The van der Waals surface area contributed by atoms with E-state index in [1.807, 2.05) is 24.8 Å². The van der Waals surface area contributed by atoms with Gasteiger partial charge in [-0.05, 0) is 31.0 Å². The van der Waals surface area contributed by atoms with Gasteiger partial charge in [-0.3, -0.25) is 9.59 Å². The second kappa shape index (κ2) is 7.49. The number of piperazine rings is 1. The summed E-state index contributed by atoms with van der Waals surface area (Å²) in [5.74, 6) is 0.110. The maximum absolute atomic E-state index is 12.2. The van der Waals surface area contributed by atoms with Crippen molar-refractivity contribution in [1.82, 2.24) is 9.80 Å². The Morgan fingerprint density at radius 1 is 1.27 bits per heavy atom. The van der Waals surface area contributed by atoms with E-state index in [1.165, 1.54) is 0 Å². The molecule has 1 heterocycles. The van der Waals surface area contributed by atoms with Crippen LogP contribution in [0, 0.1) is 13.8 Å². The van der Waals surface area contributed by atoms with Crippen molar-refractivity contribution in [2.24, 2.45) is 0 Å². The van der Waals surface area contributed by atoms with Crippen molar-refractivity contribution in [1.29, 1.82) is 0 Å². The fraction of sp³-hybridized carbons (Fsp3) is 0.500. The van der Waals surface area contributed by atoms with Crippen LogP contribution in [-0.2, 0) is 9.59 Å². The molecule has 0 radical (unpaired) electrons. The van der Waals surface area contributed by atoms with E-state index in [0.29, 0.717) is 44.2 Å². The zero-order valence-electron chi connectivity index (χ0n) is 13.1. The summed E-state index contributed by atoms with van der Waals surface area (Å²) in [6.07, 6.45) is 1.26. The van der Waals surface area contributed by atoms with Crippen LogP contribution < -0.4 is 5.32 Å². The van der Waals surface area contributed by atoms with Gasteiger partial charge in [0.25, 0.3) is 0 Å². The number of carbonyl (C=O) groups is 2. The van der Waals surface area contributed by atoms with Crippen LogP contribution in [-0.4, -0.2) is 54.8 Å². The van der Waals surface area contributed by atoms with Crippen LogP contribution in [0.15, 0.2) is 12.1 Å². The largest absolute Gasteiger partial charge is 0.383 e. The predicted octanol–water partition coefficient (Wildman–Crippen LogP) is 2.06. The standard InChI is InChI=1S/C16H22ClN3O2/c1-12-9-13(2)16(14(17)10-12)18-4-3-15(22)20-7-5-19(11-21)6-8-20/h9-11,18H,3-8H2,1-2H3. The Balaban J connectivity index is 1.82. The van der Waals surface area contributed by atoms with Gasteiger partial charge in [0, 0.05) is 39.1 Å². The minimum Gasteiger partial charge on any atom is -0.383 e. The number of nitrogens with zero attached hydrogens (tertiary/aromatic N) is 2. The van der Waals surface area contributed by atoms with Crippen molar-refractivity contribution < 1.29 is 9.59 Å². The summed E-state index contributed by atoms with van der Waals surface area (Å²) in [5.41, 5.74) is 3.10. The molecule has 0 atom stereocenters. The first-order chi connectivity index (χ1) is 10.5. The van der Waals surface area contributed by atoms with E-state index in [1.54, 1.807) is 4.90 Å². The monoisotopic (exact) mass is 323 g/mol. The van der Waals surface area contributed by atoms with Crippen LogP contribution >= 0.6 is 11.6 Å². The molecule has 0 aromatic heterocycles. The molecule has 1 saturated heterocycles. The van der Waals surface area contributed by atoms with Gasteiger partial charge in [0.05, 0.1) is 10.7 Å². The fourth-order valence-electron chi connectivity index (χ4n) is 2.67. The third-order valence-corrected chi connectivity index (χ3v) is 4.19. The van der Waals surface area contributed by atoms with Gasteiger partial charge >= 0.3 is 0 Å². The predicted molar refractivity (Wildman–Crippen MR) is 88.2 cm³/mol. The smallest absolute Gasteiger partial charge is 0.224 e. The first-order valence-corrected chi connectivity index (χ1v) is 7.87. The van der Waals surface area contributed by atoms with E-state index in [-0.39, 0.29) is 5.91 Å². The van der Waals surface area contributed by atoms with Crippen LogP contribution in [0.25, 0.3) is 0 Å². The topological polar surface area (TPSA) is 52.7 Å². The van der Waals surface area contributed by atoms with Crippen LogP contribution in [0.1, 0.15) is 17.5 Å². The summed E-state index contributed by atoms with van der Waals surface area (Å²) < 4.78 is 0. The lowest BCUT2D eigenvalue weighted by atomic mass is 10.1. The number of hydrogen-bond donors (Lipinski definition) is 1. The van der Waals surface area contributed by atoms with Gasteiger partial charge in [-0.1, -0.05) is 17.7 Å². The van der Waals surface area contributed by atoms with Gasteiger partial charge in [0.1, 0.15) is 0 Å². The van der Waals surface area contributed by atoms with E-state index in [2.05, 4.69) is 11.4 Å². The quantitative estimate of drug-likeness (QED) is 0.844. The summed E-state index contributed by atoms with van der Waals surface area (Å²) >= 11 is 6.23. The second-order valence-corrected chi connectivity index (χ2v) is 6.04. The minimum absolute atomic E-state index is 0.110. The highest BCUT2D eigenvalue weighted by Gasteiger charge is 2.19. The Bertz CT molecular complexity index is 531. The zero-order valence-corrected chi connectivity index (χ0v) is 13.8. The van der Waals surface area contributed by atoms with E-state index < -0.39 is 0 Å². The summed E-state index contributed by atoms with van der Waals surface area (Å²) in [6, 6.07) is 3.98. The Kier molecular flexibility index (Phi) is 5.66. The number of rotatable bonds is 5. The Morgan fingerprint density at radius 3 is 2.55 bits per heavy atom. The van der Waals surface area contributed by atoms with Crippen LogP contribution in [0.5, 0.6) is 0 Å². The summed E-state index contributed by atoms with van der Waals surface area (Å²) in [4.78, 5) is 26.3. The van der Waals surface area contributed by atoms with E-state index >= 15 is 0 Å². The average Bonchev–Trinajstić information content (AvgIpc) is 2.49. The molecule has 0 saturated carbocycles. The van der Waals surface area contributed by atoms with E-state index in [4.69, 9.17) is 11.6 Å². The molecule has 120 valence electrons. The molecule has 5 nitrogen and oxygen atoms in total. The van der Waals surface area contributed by atoms with Gasteiger partial charge in [-0.15, -0.1) is 0 Å². The first kappa shape index (κ1) is 16.6. The molecule has 2 amide bonds. The average molecular weight is 324 g/mol. The molecule has 1 fully saturated rings. The normalized spacial score (nSPS) is 14.9. The van der Waals surface area contributed by atoms with Crippen LogP contribution in [0.3, 0.4) is 0 Å². The zero-order chi connectivity index (χ0) is 16.1. The number of nitrogens with one attached hydrogen (secondary N) is 1. The van der Waals surface area contributed by atoms with Crippen molar-refractivity contribution in [3.05, 3.63) is 28.3 Å². The lowest BCUT2D eigenvalue weighted by molar-refractivity contribution is -0.134. The molecule has 2 rings (SSSR count). The highest BCUT2D eigenvalue weighted by molar-refractivity contribution is 6.33. The fourth-order valence-corrected chi connectivity index (χ4v) is 3.06. The summed E-state index contributed by atoms with van der Waals surface area (Å²) in [7, 11) is 0. The second-order valence-electron chi connectivity index (χ2n) is 5.64. The molecule has 1 aliphatic heterocycles. The highest BCUT2D eigenvalue weighted by Crippen LogP contribution is 2.27. The molecule has 1 aromatic carbocycles. The van der Waals surface area contributed by atoms with Gasteiger partial charge in [-0.2, -0.15) is 0 Å². The van der Waals surface area contributed by atoms with Gasteiger partial charge < -0.3 is 15.1 Å². The minimum atomic E-state index is 0.110. The number of aryl methyl sites for hydroxylation is 2. The molecule has 1 aromatic rings. The van der Waals surface area contributed by atoms with Crippen molar-refractivity contribution in [2.75, 3.05) is 38.0 Å². The van der Waals surface area contributed by atoms with Crippen molar-refractivity contribution in [2.45, 2.75) is 20.3 Å². The van der Waals surface area contributed by atoms with E-state index in [0.717, 1.165) is 23.2 Å². The summed E-state index contributed by atoms with van der Waals surface area (Å²) in [6.45, 7) is 7.02. The maximum Gasteiger partial charge on any atom is 0.224 e. The molecule has 0 spiro atoms. The molecular weight excluding hydrogens is 302 g/mol. The SMILES string of the molecule is Cc1cc(C)c(NCCC(=O)N2CCN(C=O)CC2)c(Cl)c1. The van der Waals surface area contributed by atoms with Crippen LogP contribution in [0.4, 0.5) is 5.69 Å². The van der Waals surface area contributed by atoms with Crippen molar-refractivity contribution >= 4 is 29.6 Å². The lowest BCUT2D eigenvalue weighted by Crippen LogP contribution is -2.48. The molecule has 1 N–H and O–H groups in total. The third-order valence-electron chi connectivity index (χ3n) is 3.89. The maximum atomic E-state index is 12.2. The Labute approximate surface area is 136 Å². The van der Waals surface area contributed by atoms with Crippen molar-refractivity contribution in [3.8, 4) is 0 Å². The number of amides is 2. The molecule has 0 unspecified atom stereocenters. The first-order valence-electron chi connectivity index (χ1n) is 7.49. The van der Waals surface area contributed by atoms with E-state index in [9.17, 15) is 9.59 Å². The number of halogens is 1. The van der Waals surface area contributed by atoms with Crippen LogP contribution in [0.2, 0.25) is 5.02 Å². The molecule has 0 bridgehead atoms. The number of anilines is 1. The van der Waals surface area contributed by atoms with Gasteiger partial charge in [0.15, 0.2) is 0 Å².